The Morgan fingerprint density at radius 3 is 2.53 bits per heavy atom. The van der Waals surface area contributed by atoms with Crippen LogP contribution in [0, 0.1) is 5.92 Å². The molecule has 234 valence electrons. The number of aliphatic hydroxyl groups excluding tert-OH is 2. The molecule has 3 aliphatic rings. The molecule has 3 fully saturated rings. The summed E-state index contributed by atoms with van der Waals surface area (Å²) in [5.41, 5.74) is 1.18. The van der Waals surface area contributed by atoms with Crippen molar-refractivity contribution >= 4 is 12.0 Å². The summed E-state index contributed by atoms with van der Waals surface area (Å²) in [4.78, 5) is 31.4. The van der Waals surface area contributed by atoms with Crippen LogP contribution in [0.15, 0.2) is 48.7 Å². The lowest BCUT2D eigenvalue weighted by molar-refractivity contribution is -0.452. The lowest BCUT2D eigenvalue weighted by Crippen LogP contribution is -2.77. The number of nitrogens with zero attached hydrogens (tertiary/aromatic N) is 2. The molecule has 13 heteroatoms. The number of carbonyl (C=O) groups excluding carboxylic acids is 2. The lowest BCUT2D eigenvalue weighted by atomic mass is 9.74. The van der Waals surface area contributed by atoms with Gasteiger partial charge >= 0.3 is 6.09 Å². The largest absolute Gasteiger partial charge is 0.506 e. The van der Waals surface area contributed by atoms with E-state index in [9.17, 15) is 30.0 Å². The van der Waals surface area contributed by atoms with Crippen LogP contribution in [0.1, 0.15) is 37.9 Å². The summed E-state index contributed by atoms with van der Waals surface area (Å²) in [5.74, 6) is -3.41. The number of fused-ring (bicyclic) bond motifs is 2. The van der Waals surface area contributed by atoms with Crippen molar-refractivity contribution in [2.75, 3.05) is 7.05 Å². The topological polar surface area (TPSA) is 180 Å². The second kappa shape index (κ2) is 12.7. The fraction of sp³-hybridized carbons (Fsp3) is 0.567. The number of likely N-dealkylation sites (N-methyl/N-ethyl adjacent to an activating group) is 1. The molecule has 1 aromatic carbocycles. The van der Waals surface area contributed by atoms with Crippen LogP contribution in [-0.4, -0.2) is 104 Å². The summed E-state index contributed by atoms with van der Waals surface area (Å²) in [5, 5.41) is 46.8. The molecule has 1 aromatic heterocycles. The molecular formula is C30H39N3O10. The van der Waals surface area contributed by atoms with Gasteiger partial charge in [-0.05, 0) is 37.5 Å². The Morgan fingerprint density at radius 2 is 1.86 bits per heavy atom. The first-order chi connectivity index (χ1) is 20.5. The second-order valence-electron chi connectivity index (χ2n) is 11.4. The third-order valence-corrected chi connectivity index (χ3v) is 8.49. The number of ether oxygens (including phenoxy) is 4. The third kappa shape index (κ3) is 6.33. The van der Waals surface area contributed by atoms with Crippen molar-refractivity contribution < 1.29 is 49.0 Å². The molecule has 0 unspecified atom stereocenters. The van der Waals surface area contributed by atoms with E-state index in [0.717, 1.165) is 5.56 Å². The van der Waals surface area contributed by atoms with Crippen molar-refractivity contribution in [1.82, 2.24) is 15.2 Å². The van der Waals surface area contributed by atoms with Crippen LogP contribution in [0.25, 0.3) is 0 Å². The lowest BCUT2D eigenvalue weighted by Gasteiger charge is -2.58. The minimum Gasteiger partial charge on any atom is -0.506 e. The number of benzene rings is 1. The number of aromatic nitrogens is 1. The molecule has 43 heavy (non-hydrogen) atoms. The highest BCUT2D eigenvalue weighted by atomic mass is 16.8. The summed E-state index contributed by atoms with van der Waals surface area (Å²) in [6.07, 6.45) is -5.69. The normalized spacial score (nSPS) is 35.3. The number of hydrogen-bond donors (Lipinski definition) is 5. The predicted octanol–water partition coefficient (Wildman–Crippen LogP) is 0.821. The number of hydrogen-bond acceptors (Lipinski definition) is 11. The van der Waals surface area contributed by atoms with Crippen molar-refractivity contribution in [3.8, 4) is 5.75 Å². The van der Waals surface area contributed by atoms with Crippen molar-refractivity contribution in [3.05, 3.63) is 59.9 Å². The Bertz CT molecular complexity index is 1270. The standard InChI is InChI=1S/C30H39N3O10/c1-4-20-24(36)23(33(3)29(38)40-15-17-8-6-5-7-9-17)26-27(25(20)37)42-28-30(39,43-26)21(12-16(2)41-28)32-22(35)13-18-10-11-19(34)14-31-18/h5-11,14,16,20-21,23-28,34,36-37,39H,4,12-13,15H2,1-3H3,(H,32,35)/t16-,20-,21-,23+,24+,25+,26-,27-,28+,30+/m1/s1. The average molecular weight is 602 g/mol. The van der Waals surface area contributed by atoms with Crippen LogP contribution in [-0.2, 0) is 36.8 Å². The summed E-state index contributed by atoms with van der Waals surface area (Å²) < 4.78 is 23.8. The number of aliphatic hydroxyl groups is 3. The fourth-order valence-corrected chi connectivity index (χ4v) is 6.20. The maximum absolute atomic E-state index is 13.2. The van der Waals surface area contributed by atoms with E-state index in [0.29, 0.717) is 12.1 Å². The molecule has 10 atom stereocenters. The average Bonchev–Trinajstić information content (AvgIpc) is 2.98. The molecule has 1 saturated carbocycles. The molecule has 5 N–H and O–H groups in total. The van der Waals surface area contributed by atoms with Gasteiger partial charge in [-0.25, -0.2) is 4.79 Å². The van der Waals surface area contributed by atoms with Crippen LogP contribution in [0.3, 0.4) is 0 Å². The molecule has 2 aliphatic heterocycles. The third-order valence-electron chi connectivity index (χ3n) is 8.49. The van der Waals surface area contributed by atoms with Crippen LogP contribution >= 0.6 is 0 Å². The molecule has 5 rings (SSSR count). The van der Waals surface area contributed by atoms with E-state index in [1.165, 1.54) is 30.3 Å². The van der Waals surface area contributed by atoms with Gasteiger partial charge in [0.15, 0.2) is 0 Å². The molecule has 3 heterocycles. The number of carbonyl (C=O) groups is 2. The van der Waals surface area contributed by atoms with E-state index in [1.54, 1.807) is 13.8 Å². The van der Waals surface area contributed by atoms with Crippen molar-refractivity contribution in [1.29, 1.82) is 0 Å². The Balaban J connectivity index is 1.38. The van der Waals surface area contributed by atoms with Gasteiger partial charge in [-0.2, -0.15) is 0 Å². The fourth-order valence-electron chi connectivity index (χ4n) is 6.20. The minimum atomic E-state index is -2.22. The summed E-state index contributed by atoms with van der Waals surface area (Å²) >= 11 is 0. The first kappa shape index (κ1) is 31.1. The summed E-state index contributed by atoms with van der Waals surface area (Å²) in [6, 6.07) is 9.95. The van der Waals surface area contributed by atoms with E-state index in [4.69, 9.17) is 18.9 Å². The van der Waals surface area contributed by atoms with Crippen LogP contribution < -0.4 is 5.32 Å². The van der Waals surface area contributed by atoms with E-state index in [-0.39, 0.29) is 25.2 Å². The number of pyridine rings is 1. The highest BCUT2D eigenvalue weighted by Gasteiger charge is 2.64. The number of nitrogens with one attached hydrogen (secondary N) is 1. The molecule has 0 spiro atoms. The number of rotatable bonds is 7. The minimum absolute atomic E-state index is 0.000152. The molecular weight excluding hydrogens is 562 g/mol. The van der Waals surface area contributed by atoms with Crippen molar-refractivity contribution in [2.24, 2.45) is 5.92 Å². The van der Waals surface area contributed by atoms with E-state index in [2.05, 4.69) is 10.3 Å². The van der Waals surface area contributed by atoms with Crippen LogP contribution in [0.5, 0.6) is 5.75 Å². The van der Waals surface area contributed by atoms with Crippen molar-refractivity contribution in [3.63, 3.8) is 0 Å². The zero-order chi connectivity index (χ0) is 30.9. The molecule has 0 radical (unpaired) electrons. The van der Waals surface area contributed by atoms with E-state index in [1.807, 2.05) is 30.3 Å². The quantitative estimate of drug-likeness (QED) is 0.303. The summed E-state index contributed by atoms with van der Waals surface area (Å²) in [7, 11) is 1.45. The molecule has 2 saturated heterocycles. The molecule has 2 amide bonds. The van der Waals surface area contributed by atoms with Gasteiger partial charge in [0.05, 0.1) is 43.0 Å². The molecule has 13 nitrogen and oxygen atoms in total. The Labute approximate surface area is 249 Å². The van der Waals surface area contributed by atoms with Gasteiger partial charge in [0, 0.05) is 18.7 Å². The number of aromatic hydroxyl groups is 1. The second-order valence-corrected chi connectivity index (χ2v) is 11.4. The Kier molecular flexibility index (Phi) is 9.20. The molecule has 0 bridgehead atoms. The SMILES string of the molecule is CC[C@H]1[C@H](O)[C@H]2O[C@@H]3O[C@H](C)C[C@@H](NC(=O)Cc4ccc(O)cn4)[C@]3(O)O[C@@H]2[C@@H](N(C)C(=O)OCc2ccccc2)[C@H]1O. The highest BCUT2D eigenvalue weighted by molar-refractivity contribution is 5.78. The van der Waals surface area contributed by atoms with Crippen molar-refractivity contribution in [2.45, 2.75) is 94.4 Å². The number of amides is 2. The Hall–Kier alpha value is -3.33. The van der Waals surface area contributed by atoms with Gasteiger partial charge in [-0.15, -0.1) is 0 Å². The maximum Gasteiger partial charge on any atom is 0.410 e. The van der Waals surface area contributed by atoms with Gasteiger partial charge in [0.1, 0.15) is 24.6 Å². The Morgan fingerprint density at radius 1 is 1.12 bits per heavy atom. The van der Waals surface area contributed by atoms with Gasteiger partial charge in [-0.3, -0.25) is 9.78 Å². The van der Waals surface area contributed by atoms with Crippen LogP contribution in [0.2, 0.25) is 0 Å². The summed E-state index contributed by atoms with van der Waals surface area (Å²) in [6.45, 7) is 3.56. The smallest absolute Gasteiger partial charge is 0.410 e. The van der Waals surface area contributed by atoms with E-state index < -0.39 is 72.6 Å². The van der Waals surface area contributed by atoms with E-state index >= 15 is 0 Å². The first-order valence-corrected chi connectivity index (χ1v) is 14.5. The highest BCUT2D eigenvalue weighted by Crippen LogP contribution is 2.44. The molecule has 1 aliphatic carbocycles. The zero-order valence-electron chi connectivity index (χ0n) is 24.3. The van der Waals surface area contributed by atoms with Gasteiger partial charge in [0.25, 0.3) is 0 Å². The molecule has 2 aromatic rings. The first-order valence-electron chi connectivity index (χ1n) is 14.5. The maximum atomic E-state index is 13.2. The van der Waals surface area contributed by atoms with Gasteiger partial charge in [0.2, 0.25) is 18.0 Å². The predicted molar refractivity (Wildman–Crippen MR) is 149 cm³/mol. The van der Waals surface area contributed by atoms with Crippen LogP contribution in [0.4, 0.5) is 4.79 Å². The van der Waals surface area contributed by atoms with Gasteiger partial charge in [-0.1, -0.05) is 37.3 Å². The zero-order valence-corrected chi connectivity index (χ0v) is 24.3. The monoisotopic (exact) mass is 601 g/mol. The van der Waals surface area contributed by atoms with Gasteiger partial charge < -0.3 is 49.6 Å².